The van der Waals surface area contributed by atoms with Crippen molar-refractivity contribution in [2.45, 2.75) is 19.8 Å². The van der Waals surface area contributed by atoms with Crippen LogP contribution in [-0.4, -0.2) is 30.1 Å². The van der Waals surface area contributed by atoms with E-state index in [1.54, 1.807) is 48.5 Å². The van der Waals surface area contributed by atoms with Crippen molar-refractivity contribution in [3.8, 4) is 5.75 Å². The highest BCUT2D eigenvalue weighted by Crippen LogP contribution is 2.14. The molecule has 0 unspecified atom stereocenters. The molecule has 0 spiro atoms. The summed E-state index contributed by atoms with van der Waals surface area (Å²) in [5.41, 5.74) is 2.81. The summed E-state index contributed by atoms with van der Waals surface area (Å²) in [4.78, 5) is 24.6. The maximum absolute atomic E-state index is 12.5. The summed E-state index contributed by atoms with van der Waals surface area (Å²) in [5.74, 6) is 0.211. The van der Waals surface area contributed by atoms with Gasteiger partial charge >= 0.3 is 0 Å². The first-order valence-electron chi connectivity index (χ1n) is 10.8. The third-order valence-electron chi connectivity index (χ3n) is 4.76. The van der Waals surface area contributed by atoms with Crippen molar-refractivity contribution >= 4 is 34.8 Å². The van der Waals surface area contributed by atoms with Crippen molar-refractivity contribution in [1.29, 1.82) is 0 Å². The van der Waals surface area contributed by atoms with Gasteiger partial charge in [-0.2, -0.15) is 0 Å². The van der Waals surface area contributed by atoms with Gasteiger partial charge in [0.1, 0.15) is 5.75 Å². The maximum Gasteiger partial charge on any atom is 0.257 e. The van der Waals surface area contributed by atoms with Crippen LogP contribution in [0.1, 0.15) is 39.6 Å². The summed E-state index contributed by atoms with van der Waals surface area (Å²) < 4.78 is 5.76. The summed E-state index contributed by atoms with van der Waals surface area (Å²) in [5, 5.41) is 8.57. The van der Waals surface area contributed by atoms with E-state index in [0.717, 1.165) is 12.8 Å². The molecule has 2 amide bonds. The molecule has 170 valence electrons. The van der Waals surface area contributed by atoms with Crippen LogP contribution in [0.3, 0.4) is 0 Å². The quantitative estimate of drug-likeness (QED) is 0.407. The zero-order chi connectivity index (χ0) is 23.5. The van der Waals surface area contributed by atoms with Crippen molar-refractivity contribution in [3.63, 3.8) is 0 Å². The van der Waals surface area contributed by atoms with Gasteiger partial charge in [-0.3, -0.25) is 14.9 Å². The lowest BCUT2D eigenvalue weighted by molar-refractivity contribution is 0.0951. The van der Waals surface area contributed by atoms with E-state index < -0.39 is 0 Å². The van der Waals surface area contributed by atoms with Gasteiger partial charge in [-0.15, -0.1) is 0 Å². The number of carbonyl (C=O) groups is 2. The topological polar surface area (TPSA) is 79.5 Å². The molecule has 0 heterocycles. The molecule has 0 saturated heterocycles. The van der Waals surface area contributed by atoms with Gasteiger partial charge in [0, 0.05) is 29.8 Å². The number of benzene rings is 3. The second-order valence-corrected chi connectivity index (χ2v) is 7.76. The van der Waals surface area contributed by atoms with Crippen LogP contribution >= 0.6 is 12.2 Å². The van der Waals surface area contributed by atoms with Gasteiger partial charge in [0.25, 0.3) is 11.8 Å². The first kappa shape index (κ1) is 23.9. The van der Waals surface area contributed by atoms with Gasteiger partial charge in [-0.05, 0) is 66.7 Å². The number of ether oxygens (including phenoxy) is 1. The third kappa shape index (κ3) is 7.73. The summed E-state index contributed by atoms with van der Waals surface area (Å²) in [6.07, 6.45) is 1.67. The number of nitrogens with one attached hydrogen (secondary N) is 3. The number of thiocarbonyl (C=S) groups is 1. The molecule has 0 radical (unpaired) electrons. The summed E-state index contributed by atoms with van der Waals surface area (Å²) >= 11 is 5.25. The van der Waals surface area contributed by atoms with E-state index in [1.165, 1.54) is 5.56 Å². The average Bonchev–Trinajstić information content (AvgIpc) is 2.83. The van der Waals surface area contributed by atoms with Gasteiger partial charge in [0.05, 0.1) is 6.61 Å². The fraction of sp³-hybridized carbons (Fsp3) is 0.192. The molecular weight excluding hydrogens is 434 g/mol. The van der Waals surface area contributed by atoms with Crippen LogP contribution in [0.2, 0.25) is 0 Å². The second-order valence-electron chi connectivity index (χ2n) is 7.35. The Morgan fingerprint density at radius 3 is 2.36 bits per heavy atom. The predicted molar refractivity (Wildman–Crippen MR) is 135 cm³/mol. The van der Waals surface area contributed by atoms with Crippen LogP contribution in [0.25, 0.3) is 0 Å². The fourth-order valence-corrected chi connectivity index (χ4v) is 3.26. The molecule has 0 saturated carbocycles. The summed E-state index contributed by atoms with van der Waals surface area (Å²) in [6.45, 7) is 3.16. The van der Waals surface area contributed by atoms with E-state index in [4.69, 9.17) is 17.0 Å². The van der Waals surface area contributed by atoms with Gasteiger partial charge in [0.2, 0.25) is 0 Å². The number of hydrogen-bond acceptors (Lipinski definition) is 4. The van der Waals surface area contributed by atoms with Gasteiger partial charge in [-0.25, -0.2) is 0 Å². The molecule has 0 aliphatic carbocycles. The number of carbonyl (C=O) groups excluding carboxylic acids is 2. The first-order valence-corrected chi connectivity index (χ1v) is 11.2. The molecule has 33 heavy (non-hydrogen) atoms. The number of hydrogen-bond donors (Lipinski definition) is 3. The molecule has 0 aliphatic rings. The van der Waals surface area contributed by atoms with Crippen LogP contribution in [-0.2, 0) is 6.42 Å². The molecule has 0 bridgehead atoms. The number of rotatable bonds is 9. The molecular formula is C26H27N3O3S. The molecule has 0 atom stereocenters. The van der Waals surface area contributed by atoms with Crippen LogP contribution in [0, 0.1) is 0 Å². The maximum atomic E-state index is 12.5. The van der Waals surface area contributed by atoms with Crippen molar-refractivity contribution in [1.82, 2.24) is 10.6 Å². The van der Waals surface area contributed by atoms with Crippen molar-refractivity contribution in [2.24, 2.45) is 0 Å². The van der Waals surface area contributed by atoms with Crippen LogP contribution < -0.4 is 20.7 Å². The molecule has 0 aromatic heterocycles. The standard InChI is InChI=1S/C26H27N3O3S/c1-2-16-27-24(30)21-9-6-10-22(18-21)28-26(33)29-25(31)20-11-13-23(14-12-20)32-17-15-19-7-4-3-5-8-19/h3-14,18H,2,15-17H2,1H3,(H,27,30)(H2,28,29,31,33). The Kier molecular flexibility index (Phi) is 8.97. The Morgan fingerprint density at radius 1 is 0.879 bits per heavy atom. The lowest BCUT2D eigenvalue weighted by Gasteiger charge is -2.11. The SMILES string of the molecule is CCCNC(=O)c1cccc(NC(=S)NC(=O)c2ccc(OCCc3ccccc3)cc2)c1. The molecule has 0 fully saturated rings. The minimum absolute atomic E-state index is 0.148. The molecule has 3 aromatic carbocycles. The molecule has 3 rings (SSSR count). The summed E-state index contributed by atoms with van der Waals surface area (Å²) in [7, 11) is 0. The fourth-order valence-electron chi connectivity index (χ4n) is 3.05. The lowest BCUT2D eigenvalue weighted by Crippen LogP contribution is -2.34. The second kappa shape index (κ2) is 12.4. The van der Waals surface area contributed by atoms with E-state index in [1.807, 2.05) is 25.1 Å². The number of anilines is 1. The Balaban J connectivity index is 1.48. The van der Waals surface area contributed by atoms with Gasteiger partial charge < -0.3 is 15.4 Å². The highest BCUT2D eigenvalue weighted by Gasteiger charge is 2.10. The molecule has 0 aliphatic heterocycles. The minimum Gasteiger partial charge on any atom is -0.493 e. The van der Waals surface area contributed by atoms with Crippen LogP contribution in [0.5, 0.6) is 5.75 Å². The largest absolute Gasteiger partial charge is 0.493 e. The van der Waals surface area contributed by atoms with E-state index in [2.05, 4.69) is 28.1 Å². The molecule has 3 aromatic rings. The predicted octanol–water partition coefficient (Wildman–Crippen LogP) is 4.57. The summed E-state index contributed by atoms with van der Waals surface area (Å²) in [6, 6.07) is 23.9. The van der Waals surface area contributed by atoms with Gasteiger partial charge in [0.15, 0.2) is 5.11 Å². The average molecular weight is 462 g/mol. The van der Waals surface area contributed by atoms with Gasteiger partial charge in [-0.1, -0.05) is 43.3 Å². The van der Waals surface area contributed by atoms with E-state index >= 15 is 0 Å². The Bertz CT molecular complexity index is 1090. The molecule has 3 N–H and O–H groups in total. The van der Waals surface area contributed by atoms with E-state index in [0.29, 0.717) is 35.7 Å². The van der Waals surface area contributed by atoms with E-state index in [-0.39, 0.29) is 16.9 Å². The van der Waals surface area contributed by atoms with E-state index in [9.17, 15) is 9.59 Å². The zero-order valence-electron chi connectivity index (χ0n) is 18.5. The Hall–Kier alpha value is -3.71. The highest BCUT2D eigenvalue weighted by molar-refractivity contribution is 7.80. The monoisotopic (exact) mass is 461 g/mol. The van der Waals surface area contributed by atoms with Crippen molar-refractivity contribution < 1.29 is 14.3 Å². The van der Waals surface area contributed by atoms with Crippen molar-refractivity contribution in [3.05, 3.63) is 95.6 Å². The smallest absolute Gasteiger partial charge is 0.257 e. The zero-order valence-corrected chi connectivity index (χ0v) is 19.3. The highest BCUT2D eigenvalue weighted by atomic mass is 32.1. The molecule has 6 nitrogen and oxygen atoms in total. The lowest BCUT2D eigenvalue weighted by atomic mass is 10.2. The normalized spacial score (nSPS) is 10.2. The van der Waals surface area contributed by atoms with Crippen LogP contribution in [0.4, 0.5) is 5.69 Å². The number of amides is 2. The first-order chi connectivity index (χ1) is 16.0. The third-order valence-corrected chi connectivity index (χ3v) is 4.97. The minimum atomic E-state index is -0.333. The molecule has 7 heteroatoms. The van der Waals surface area contributed by atoms with Crippen molar-refractivity contribution in [2.75, 3.05) is 18.5 Å². The Labute approximate surface area is 199 Å². The van der Waals surface area contributed by atoms with Crippen LogP contribution in [0.15, 0.2) is 78.9 Å². The Morgan fingerprint density at radius 2 is 1.64 bits per heavy atom.